The predicted octanol–water partition coefficient (Wildman–Crippen LogP) is 2.54. The van der Waals surface area contributed by atoms with Gasteiger partial charge in [-0.1, -0.05) is 29.8 Å². The van der Waals surface area contributed by atoms with Crippen LogP contribution in [0, 0.1) is 6.92 Å². The second kappa shape index (κ2) is 5.41. The number of rotatable bonds is 2. The van der Waals surface area contributed by atoms with Crippen LogP contribution in [-0.2, 0) is 0 Å². The first-order valence-electron chi connectivity index (χ1n) is 7.34. The Labute approximate surface area is 110 Å². The summed E-state index contributed by atoms with van der Waals surface area (Å²) in [6, 6.07) is 9.89. The maximum atomic E-state index is 3.48. The van der Waals surface area contributed by atoms with Gasteiger partial charge in [-0.3, -0.25) is 4.90 Å². The van der Waals surface area contributed by atoms with E-state index in [-0.39, 0.29) is 0 Å². The van der Waals surface area contributed by atoms with Crippen LogP contribution < -0.4 is 5.32 Å². The molecule has 18 heavy (non-hydrogen) atoms. The fraction of sp³-hybridized carbons (Fsp3) is 0.625. The summed E-state index contributed by atoms with van der Waals surface area (Å²) in [7, 11) is 0. The molecule has 2 fully saturated rings. The topological polar surface area (TPSA) is 15.3 Å². The third-order valence-corrected chi connectivity index (χ3v) is 4.59. The van der Waals surface area contributed by atoms with Crippen LogP contribution in [0.15, 0.2) is 24.3 Å². The minimum Gasteiger partial charge on any atom is -0.315 e. The smallest absolute Gasteiger partial charge is 0.0232 e. The molecule has 2 saturated heterocycles. The van der Waals surface area contributed by atoms with Gasteiger partial charge in [0.05, 0.1) is 0 Å². The molecule has 2 aliphatic heterocycles. The van der Waals surface area contributed by atoms with Gasteiger partial charge in [-0.2, -0.15) is 0 Å². The summed E-state index contributed by atoms with van der Waals surface area (Å²) in [5, 5.41) is 3.48. The lowest BCUT2D eigenvalue weighted by molar-refractivity contribution is 0.161. The van der Waals surface area contributed by atoms with Gasteiger partial charge in [-0.15, -0.1) is 0 Å². The first-order chi connectivity index (χ1) is 8.83. The largest absolute Gasteiger partial charge is 0.315 e. The minimum atomic E-state index is 0.788. The monoisotopic (exact) mass is 244 g/mol. The Bertz CT molecular complexity index is 388. The zero-order chi connectivity index (χ0) is 12.4. The fourth-order valence-electron chi connectivity index (χ4n) is 3.47. The molecule has 0 bridgehead atoms. The molecule has 3 rings (SSSR count). The average molecular weight is 244 g/mol. The summed E-state index contributed by atoms with van der Waals surface area (Å²) in [5.41, 5.74) is 2.95. The van der Waals surface area contributed by atoms with E-state index in [1.165, 1.54) is 51.0 Å². The summed E-state index contributed by atoms with van der Waals surface area (Å²) in [6.07, 6.45) is 4.01. The third-order valence-electron chi connectivity index (χ3n) is 4.59. The van der Waals surface area contributed by atoms with Gasteiger partial charge in [0.1, 0.15) is 0 Å². The lowest BCUT2D eigenvalue weighted by atomic mass is 9.88. The Hall–Kier alpha value is -0.860. The van der Waals surface area contributed by atoms with E-state index in [9.17, 15) is 0 Å². The number of aryl methyl sites for hydroxylation is 1. The van der Waals surface area contributed by atoms with Crippen LogP contribution in [0.25, 0.3) is 0 Å². The van der Waals surface area contributed by atoms with Crippen LogP contribution in [-0.4, -0.2) is 37.1 Å². The molecule has 0 spiro atoms. The highest BCUT2D eigenvalue weighted by atomic mass is 15.2. The van der Waals surface area contributed by atoms with Crippen molar-refractivity contribution < 1.29 is 0 Å². The molecule has 2 heterocycles. The molecule has 0 saturated carbocycles. The van der Waals surface area contributed by atoms with Crippen molar-refractivity contribution in [3.05, 3.63) is 35.4 Å². The van der Waals surface area contributed by atoms with E-state index in [2.05, 4.69) is 41.4 Å². The molecular weight excluding hydrogens is 220 g/mol. The van der Waals surface area contributed by atoms with E-state index in [1.54, 1.807) is 5.56 Å². The molecule has 0 amide bonds. The second-order valence-corrected chi connectivity index (χ2v) is 5.87. The van der Waals surface area contributed by atoms with E-state index in [0.29, 0.717) is 0 Å². The number of piperidine rings is 1. The molecule has 0 aromatic heterocycles. The number of nitrogens with one attached hydrogen (secondary N) is 1. The van der Waals surface area contributed by atoms with E-state index in [1.807, 2.05) is 0 Å². The summed E-state index contributed by atoms with van der Waals surface area (Å²) in [5.74, 6) is 0.788. The quantitative estimate of drug-likeness (QED) is 0.860. The average Bonchev–Trinajstić information content (AvgIpc) is 2.93. The highest BCUT2D eigenvalue weighted by Gasteiger charge is 2.27. The summed E-state index contributed by atoms with van der Waals surface area (Å²) in [6.45, 7) is 7.18. The van der Waals surface area contributed by atoms with Gasteiger partial charge in [-0.05, 0) is 57.3 Å². The lowest BCUT2D eigenvalue weighted by Crippen LogP contribution is -2.42. The third kappa shape index (κ3) is 2.60. The van der Waals surface area contributed by atoms with E-state index in [0.717, 1.165) is 12.0 Å². The number of nitrogens with zero attached hydrogens (tertiary/aromatic N) is 1. The van der Waals surface area contributed by atoms with Crippen molar-refractivity contribution in [2.45, 2.75) is 38.1 Å². The van der Waals surface area contributed by atoms with Crippen LogP contribution in [0.4, 0.5) is 0 Å². The second-order valence-electron chi connectivity index (χ2n) is 5.87. The molecular formula is C16H24N2. The first kappa shape index (κ1) is 12.2. The Morgan fingerprint density at radius 2 is 2.00 bits per heavy atom. The van der Waals surface area contributed by atoms with Gasteiger partial charge in [0.2, 0.25) is 0 Å². The molecule has 1 aromatic carbocycles. The summed E-state index contributed by atoms with van der Waals surface area (Å²) in [4.78, 5) is 2.70. The van der Waals surface area contributed by atoms with Crippen LogP contribution in [0.1, 0.15) is 36.3 Å². The van der Waals surface area contributed by atoms with Crippen LogP contribution in [0.5, 0.6) is 0 Å². The van der Waals surface area contributed by atoms with Crippen molar-refractivity contribution in [2.24, 2.45) is 0 Å². The van der Waals surface area contributed by atoms with Crippen molar-refractivity contribution in [2.75, 3.05) is 26.2 Å². The van der Waals surface area contributed by atoms with Crippen LogP contribution in [0.2, 0.25) is 0 Å². The van der Waals surface area contributed by atoms with Crippen LogP contribution >= 0.6 is 0 Å². The standard InChI is InChI=1S/C16H24N2/c1-13-3-2-4-15(11-13)14-6-9-18(10-7-14)16-5-8-17-12-16/h2-4,11,14,16-17H,5-10,12H2,1H3. The molecule has 1 N–H and O–H groups in total. The van der Waals surface area contributed by atoms with Crippen molar-refractivity contribution >= 4 is 0 Å². The van der Waals surface area contributed by atoms with E-state index in [4.69, 9.17) is 0 Å². The maximum absolute atomic E-state index is 3.48. The van der Waals surface area contributed by atoms with Crippen molar-refractivity contribution in [1.82, 2.24) is 10.2 Å². The highest BCUT2D eigenvalue weighted by molar-refractivity contribution is 5.25. The normalized spacial score (nSPS) is 26.6. The number of benzene rings is 1. The molecule has 98 valence electrons. The number of hydrogen-bond donors (Lipinski definition) is 1. The molecule has 2 nitrogen and oxygen atoms in total. The molecule has 2 aliphatic rings. The molecule has 0 radical (unpaired) electrons. The van der Waals surface area contributed by atoms with Gasteiger partial charge in [0, 0.05) is 12.6 Å². The Morgan fingerprint density at radius 1 is 1.17 bits per heavy atom. The predicted molar refractivity (Wildman–Crippen MR) is 76.0 cm³/mol. The van der Waals surface area contributed by atoms with Gasteiger partial charge in [0.15, 0.2) is 0 Å². The Balaban J connectivity index is 1.59. The minimum absolute atomic E-state index is 0.788. The fourth-order valence-corrected chi connectivity index (χ4v) is 3.47. The number of hydrogen-bond acceptors (Lipinski definition) is 2. The maximum Gasteiger partial charge on any atom is 0.0232 e. The van der Waals surface area contributed by atoms with Crippen molar-refractivity contribution in [1.29, 1.82) is 0 Å². The van der Waals surface area contributed by atoms with Crippen molar-refractivity contribution in [3.8, 4) is 0 Å². The molecule has 1 aromatic rings. The zero-order valence-electron chi connectivity index (χ0n) is 11.4. The Morgan fingerprint density at radius 3 is 2.67 bits per heavy atom. The molecule has 1 unspecified atom stereocenters. The summed E-state index contributed by atoms with van der Waals surface area (Å²) < 4.78 is 0. The lowest BCUT2D eigenvalue weighted by Gasteiger charge is -2.36. The highest BCUT2D eigenvalue weighted by Crippen LogP contribution is 2.29. The van der Waals surface area contributed by atoms with Gasteiger partial charge >= 0.3 is 0 Å². The number of likely N-dealkylation sites (tertiary alicyclic amines) is 1. The van der Waals surface area contributed by atoms with Gasteiger partial charge in [0.25, 0.3) is 0 Å². The molecule has 2 heteroatoms. The molecule has 1 atom stereocenters. The first-order valence-corrected chi connectivity index (χ1v) is 7.34. The Kier molecular flexibility index (Phi) is 3.67. The van der Waals surface area contributed by atoms with Gasteiger partial charge < -0.3 is 5.32 Å². The molecule has 0 aliphatic carbocycles. The van der Waals surface area contributed by atoms with Crippen LogP contribution in [0.3, 0.4) is 0 Å². The SMILES string of the molecule is Cc1cccc(C2CCN(C3CCNC3)CC2)c1. The van der Waals surface area contributed by atoms with Gasteiger partial charge in [-0.25, -0.2) is 0 Å². The summed E-state index contributed by atoms with van der Waals surface area (Å²) >= 11 is 0. The zero-order valence-corrected chi connectivity index (χ0v) is 11.4. The van der Waals surface area contributed by atoms with Crippen molar-refractivity contribution in [3.63, 3.8) is 0 Å². The van der Waals surface area contributed by atoms with E-state index < -0.39 is 0 Å². The van der Waals surface area contributed by atoms with E-state index >= 15 is 0 Å².